The Kier molecular flexibility index (Phi) is 3.74. The van der Waals surface area contributed by atoms with Gasteiger partial charge in [-0.2, -0.15) is 4.31 Å². The van der Waals surface area contributed by atoms with Gasteiger partial charge < -0.3 is 5.11 Å². The highest BCUT2D eigenvalue weighted by molar-refractivity contribution is 7.91. The minimum Gasteiger partial charge on any atom is -0.481 e. The van der Waals surface area contributed by atoms with Gasteiger partial charge in [0.05, 0.1) is 5.92 Å². The summed E-state index contributed by atoms with van der Waals surface area (Å²) >= 11 is 1.21. The molecule has 0 aromatic carbocycles. The van der Waals surface area contributed by atoms with E-state index in [9.17, 15) is 13.2 Å². The molecule has 1 saturated heterocycles. The predicted octanol–water partition coefficient (Wildman–Crippen LogP) is 1.54. The van der Waals surface area contributed by atoms with Gasteiger partial charge in [-0.25, -0.2) is 8.42 Å². The molecule has 0 atom stereocenters. The monoisotopic (exact) mass is 289 g/mol. The number of carbonyl (C=O) groups is 1. The van der Waals surface area contributed by atoms with E-state index in [0.717, 1.165) is 5.56 Å². The Morgan fingerprint density at radius 3 is 2.50 bits per heavy atom. The molecule has 1 aliphatic rings. The highest BCUT2D eigenvalue weighted by Gasteiger charge is 2.32. The SMILES string of the molecule is Cc1csc(S(=O)(=O)N2CCC(C(=O)O)CC2)c1. The van der Waals surface area contributed by atoms with Crippen LogP contribution >= 0.6 is 11.3 Å². The van der Waals surface area contributed by atoms with E-state index >= 15 is 0 Å². The molecule has 1 aromatic rings. The van der Waals surface area contributed by atoms with Crippen molar-refractivity contribution in [2.75, 3.05) is 13.1 Å². The Morgan fingerprint density at radius 2 is 2.06 bits per heavy atom. The van der Waals surface area contributed by atoms with Crippen LogP contribution in [0.15, 0.2) is 15.7 Å². The number of aryl methyl sites for hydroxylation is 1. The lowest BCUT2D eigenvalue weighted by atomic mass is 9.99. The van der Waals surface area contributed by atoms with E-state index in [2.05, 4.69) is 0 Å². The van der Waals surface area contributed by atoms with Gasteiger partial charge in [0.25, 0.3) is 10.0 Å². The molecule has 1 fully saturated rings. The van der Waals surface area contributed by atoms with Gasteiger partial charge in [0.2, 0.25) is 0 Å². The smallest absolute Gasteiger partial charge is 0.306 e. The summed E-state index contributed by atoms with van der Waals surface area (Å²) in [6, 6.07) is 1.66. The summed E-state index contributed by atoms with van der Waals surface area (Å²) in [4.78, 5) is 10.8. The summed E-state index contributed by atoms with van der Waals surface area (Å²) < 4.78 is 26.3. The van der Waals surface area contributed by atoms with Gasteiger partial charge in [-0.05, 0) is 36.8 Å². The van der Waals surface area contributed by atoms with Gasteiger partial charge in [-0.15, -0.1) is 11.3 Å². The molecule has 2 heterocycles. The van der Waals surface area contributed by atoms with Gasteiger partial charge >= 0.3 is 5.97 Å². The standard InChI is InChI=1S/C11H15NO4S2/c1-8-6-10(17-7-8)18(15,16)12-4-2-9(3-5-12)11(13)14/h6-7,9H,2-5H2,1H3,(H,13,14). The molecule has 100 valence electrons. The molecule has 2 rings (SSSR count). The van der Waals surface area contributed by atoms with Crippen LogP contribution in [0.2, 0.25) is 0 Å². The van der Waals surface area contributed by atoms with Crippen LogP contribution in [-0.2, 0) is 14.8 Å². The maximum absolute atomic E-state index is 12.3. The molecule has 18 heavy (non-hydrogen) atoms. The molecule has 0 unspecified atom stereocenters. The lowest BCUT2D eigenvalue weighted by Crippen LogP contribution is -2.39. The quantitative estimate of drug-likeness (QED) is 0.916. The Balaban J connectivity index is 2.12. The van der Waals surface area contributed by atoms with Crippen molar-refractivity contribution in [2.24, 2.45) is 5.92 Å². The fourth-order valence-electron chi connectivity index (χ4n) is 2.01. The Labute approximate surface area is 110 Å². The van der Waals surface area contributed by atoms with Crippen molar-refractivity contribution in [3.63, 3.8) is 0 Å². The van der Waals surface area contributed by atoms with Crippen molar-refractivity contribution in [3.8, 4) is 0 Å². The third-order valence-corrected chi connectivity index (χ3v) is 6.54. The summed E-state index contributed by atoms with van der Waals surface area (Å²) in [7, 11) is -3.43. The van der Waals surface area contributed by atoms with E-state index in [0.29, 0.717) is 17.1 Å². The van der Waals surface area contributed by atoms with Crippen molar-refractivity contribution < 1.29 is 18.3 Å². The van der Waals surface area contributed by atoms with Crippen molar-refractivity contribution in [3.05, 3.63) is 17.0 Å². The largest absolute Gasteiger partial charge is 0.481 e. The number of aliphatic carboxylic acids is 1. The molecule has 0 radical (unpaired) electrons. The normalized spacial score (nSPS) is 18.9. The molecule has 7 heteroatoms. The first-order chi connectivity index (χ1) is 8.41. The van der Waals surface area contributed by atoms with E-state index in [1.165, 1.54) is 15.6 Å². The number of carboxylic acids is 1. The second kappa shape index (κ2) is 4.99. The van der Waals surface area contributed by atoms with Crippen molar-refractivity contribution in [1.82, 2.24) is 4.31 Å². The van der Waals surface area contributed by atoms with Crippen LogP contribution in [-0.4, -0.2) is 36.9 Å². The van der Waals surface area contributed by atoms with E-state index in [1.807, 2.05) is 6.92 Å². The molecule has 0 spiro atoms. The van der Waals surface area contributed by atoms with Crippen LogP contribution < -0.4 is 0 Å². The fourth-order valence-corrected chi connectivity index (χ4v) is 4.86. The second-order valence-electron chi connectivity index (χ2n) is 4.46. The number of nitrogens with zero attached hydrogens (tertiary/aromatic N) is 1. The van der Waals surface area contributed by atoms with Gasteiger partial charge in [-0.3, -0.25) is 4.79 Å². The van der Waals surface area contributed by atoms with Crippen LogP contribution in [0.1, 0.15) is 18.4 Å². The average Bonchev–Trinajstić information content (AvgIpc) is 2.76. The minimum absolute atomic E-state index is 0.288. The van der Waals surface area contributed by atoms with Crippen LogP contribution in [0.25, 0.3) is 0 Å². The number of sulfonamides is 1. The van der Waals surface area contributed by atoms with Crippen LogP contribution in [0.5, 0.6) is 0 Å². The third kappa shape index (κ3) is 2.57. The van der Waals surface area contributed by atoms with Crippen molar-refractivity contribution in [1.29, 1.82) is 0 Å². The van der Waals surface area contributed by atoms with Crippen molar-refractivity contribution >= 4 is 27.3 Å². The van der Waals surface area contributed by atoms with Gasteiger partial charge in [-0.1, -0.05) is 0 Å². The molecule has 0 saturated carbocycles. The predicted molar refractivity (Wildman–Crippen MR) is 68.2 cm³/mol. The lowest BCUT2D eigenvalue weighted by Gasteiger charge is -2.28. The first-order valence-electron chi connectivity index (χ1n) is 5.69. The number of hydrogen-bond acceptors (Lipinski definition) is 4. The number of thiophene rings is 1. The number of rotatable bonds is 3. The molecule has 1 aromatic heterocycles. The van der Waals surface area contributed by atoms with E-state index < -0.39 is 21.9 Å². The number of carboxylic acid groups (broad SMARTS) is 1. The molecule has 0 aliphatic carbocycles. The highest BCUT2D eigenvalue weighted by Crippen LogP contribution is 2.27. The average molecular weight is 289 g/mol. The zero-order chi connectivity index (χ0) is 13.3. The Hall–Kier alpha value is -0.920. The maximum atomic E-state index is 12.3. The summed E-state index contributed by atoms with van der Waals surface area (Å²) in [6.07, 6.45) is 0.776. The molecule has 1 aliphatic heterocycles. The Bertz CT molecular complexity index is 541. The highest BCUT2D eigenvalue weighted by atomic mass is 32.2. The molecule has 0 bridgehead atoms. The summed E-state index contributed by atoms with van der Waals surface area (Å²) in [5.74, 6) is -1.25. The zero-order valence-corrected chi connectivity index (χ0v) is 11.6. The summed E-state index contributed by atoms with van der Waals surface area (Å²) in [5.41, 5.74) is 0.930. The molecule has 1 N–H and O–H groups in total. The van der Waals surface area contributed by atoms with Crippen molar-refractivity contribution in [2.45, 2.75) is 24.0 Å². The first-order valence-corrected chi connectivity index (χ1v) is 8.01. The maximum Gasteiger partial charge on any atom is 0.306 e. The minimum atomic E-state index is -3.43. The molecule has 0 amide bonds. The van der Waals surface area contributed by atoms with E-state index in [1.54, 1.807) is 11.4 Å². The number of hydrogen-bond donors (Lipinski definition) is 1. The Morgan fingerprint density at radius 1 is 1.44 bits per heavy atom. The van der Waals surface area contributed by atoms with Gasteiger partial charge in [0.15, 0.2) is 0 Å². The van der Waals surface area contributed by atoms with E-state index in [4.69, 9.17) is 5.11 Å². The van der Waals surface area contributed by atoms with Crippen LogP contribution in [0.3, 0.4) is 0 Å². The van der Waals surface area contributed by atoms with E-state index in [-0.39, 0.29) is 13.1 Å². The zero-order valence-electron chi connectivity index (χ0n) is 10.00. The van der Waals surface area contributed by atoms with Gasteiger partial charge in [0, 0.05) is 13.1 Å². The topological polar surface area (TPSA) is 74.7 Å². The summed E-state index contributed by atoms with van der Waals surface area (Å²) in [6.45, 7) is 2.43. The van der Waals surface area contributed by atoms with Crippen LogP contribution in [0.4, 0.5) is 0 Å². The molecule has 5 nitrogen and oxygen atoms in total. The fraction of sp³-hybridized carbons (Fsp3) is 0.545. The summed E-state index contributed by atoms with van der Waals surface area (Å²) in [5, 5.41) is 10.7. The lowest BCUT2D eigenvalue weighted by molar-refractivity contribution is -0.142. The first kappa shape index (κ1) is 13.5. The number of piperidine rings is 1. The second-order valence-corrected chi connectivity index (χ2v) is 7.54. The third-order valence-electron chi connectivity index (χ3n) is 3.10. The molecular formula is C11H15NO4S2. The van der Waals surface area contributed by atoms with Gasteiger partial charge in [0.1, 0.15) is 4.21 Å². The van der Waals surface area contributed by atoms with Crippen LogP contribution in [0, 0.1) is 12.8 Å². The molecular weight excluding hydrogens is 274 g/mol.